The van der Waals surface area contributed by atoms with E-state index in [0.29, 0.717) is 5.75 Å². The first-order chi connectivity index (χ1) is 10.3. The lowest BCUT2D eigenvalue weighted by Gasteiger charge is -2.05. The second-order valence-corrected chi connectivity index (χ2v) is 5.68. The van der Waals surface area contributed by atoms with Gasteiger partial charge in [-0.1, -0.05) is 30.3 Å². The van der Waals surface area contributed by atoms with Crippen LogP contribution in [0.15, 0.2) is 54.7 Å². The molecule has 0 radical (unpaired) electrons. The van der Waals surface area contributed by atoms with Gasteiger partial charge in [0.25, 0.3) is 0 Å². The Labute approximate surface area is 126 Å². The van der Waals surface area contributed by atoms with Crippen molar-refractivity contribution >= 4 is 34.3 Å². The molecule has 106 valence electrons. The zero-order valence-electron chi connectivity index (χ0n) is 11.4. The summed E-state index contributed by atoms with van der Waals surface area (Å²) in [5.74, 6) is 1.29. The highest BCUT2D eigenvalue weighted by molar-refractivity contribution is 7.99. The third-order valence-corrected chi connectivity index (χ3v) is 4.07. The number of carbonyl (C=O) groups excluding carboxylic acids is 1. The number of carbonyl (C=O) groups is 1. The lowest BCUT2D eigenvalue weighted by molar-refractivity contribution is -0.113. The Morgan fingerprint density at radius 2 is 2.05 bits per heavy atom. The van der Waals surface area contributed by atoms with Crippen molar-refractivity contribution < 1.29 is 4.79 Å². The number of amides is 1. The van der Waals surface area contributed by atoms with Gasteiger partial charge in [0.2, 0.25) is 5.91 Å². The number of nitrogens with one attached hydrogen (secondary N) is 2. The number of hydrogen-bond acceptors (Lipinski definition) is 3. The molecule has 0 saturated heterocycles. The molecule has 0 bridgehead atoms. The number of aromatic nitrogens is 2. The average molecular weight is 297 g/mol. The van der Waals surface area contributed by atoms with Gasteiger partial charge in [0.15, 0.2) is 0 Å². The number of thioether (sulfide) groups is 1. The largest absolute Gasteiger partial charge is 0.325 e. The van der Waals surface area contributed by atoms with Gasteiger partial charge in [0, 0.05) is 16.8 Å². The third-order valence-electron chi connectivity index (χ3n) is 3.07. The maximum atomic E-state index is 11.9. The normalized spacial score (nSPS) is 10.7. The summed E-state index contributed by atoms with van der Waals surface area (Å²) in [6.07, 6.45) is 1.76. The molecule has 0 saturated carbocycles. The lowest BCUT2D eigenvalue weighted by Crippen LogP contribution is -2.14. The fourth-order valence-electron chi connectivity index (χ4n) is 2.05. The molecule has 4 nitrogen and oxygen atoms in total. The Morgan fingerprint density at radius 3 is 2.90 bits per heavy atom. The van der Waals surface area contributed by atoms with E-state index < -0.39 is 0 Å². The molecule has 3 rings (SSSR count). The first kappa shape index (κ1) is 13.7. The van der Waals surface area contributed by atoms with Crippen LogP contribution in [0.25, 0.3) is 10.9 Å². The second-order valence-electron chi connectivity index (χ2n) is 4.70. The van der Waals surface area contributed by atoms with Gasteiger partial charge in [-0.3, -0.25) is 9.89 Å². The Hall–Kier alpha value is -2.27. The standard InChI is InChI=1S/C16H15N3OS/c20-16(11-21-10-12-4-2-1-3-5-12)18-14-7-6-13-9-17-19-15(13)8-14/h1-9H,10-11H2,(H,17,19)(H,18,20). The maximum absolute atomic E-state index is 11.9. The summed E-state index contributed by atoms with van der Waals surface area (Å²) in [4.78, 5) is 11.9. The first-order valence-electron chi connectivity index (χ1n) is 6.66. The van der Waals surface area contributed by atoms with Crippen molar-refractivity contribution in [3.05, 3.63) is 60.3 Å². The summed E-state index contributed by atoms with van der Waals surface area (Å²) < 4.78 is 0. The van der Waals surface area contributed by atoms with Gasteiger partial charge < -0.3 is 5.32 Å². The molecule has 5 heteroatoms. The van der Waals surface area contributed by atoms with E-state index >= 15 is 0 Å². The molecule has 0 aliphatic carbocycles. The maximum Gasteiger partial charge on any atom is 0.234 e. The number of fused-ring (bicyclic) bond motifs is 1. The minimum Gasteiger partial charge on any atom is -0.325 e. The van der Waals surface area contributed by atoms with Crippen molar-refractivity contribution in [3.63, 3.8) is 0 Å². The number of nitrogens with zero attached hydrogens (tertiary/aromatic N) is 1. The molecular weight excluding hydrogens is 282 g/mol. The molecule has 0 atom stereocenters. The molecule has 3 aromatic rings. The fraction of sp³-hybridized carbons (Fsp3) is 0.125. The molecule has 1 aromatic heterocycles. The Bertz CT molecular complexity index is 739. The quantitative estimate of drug-likeness (QED) is 0.758. The Kier molecular flexibility index (Phi) is 4.21. The van der Waals surface area contributed by atoms with Gasteiger partial charge in [-0.25, -0.2) is 0 Å². The number of benzene rings is 2. The van der Waals surface area contributed by atoms with Gasteiger partial charge in [0.1, 0.15) is 0 Å². The number of hydrogen-bond donors (Lipinski definition) is 2. The number of anilines is 1. The summed E-state index contributed by atoms with van der Waals surface area (Å²) in [5.41, 5.74) is 2.94. The summed E-state index contributed by atoms with van der Waals surface area (Å²) in [6.45, 7) is 0. The fourth-order valence-corrected chi connectivity index (χ4v) is 2.84. The number of H-pyrrole nitrogens is 1. The predicted octanol–water partition coefficient (Wildman–Crippen LogP) is 3.43. The molecular formula is C16H15N3OS. The summed E-state index contributed by atoms with van der Waals surface area (Å²) in [5, 5.41) is 10.8. The van der Waals surface area contributed by atoms with Crippen LogP contribution >= 0.6 is 11.8 Å². The smallest absolute Gasteiger partial charge is 0.234 e. The van der Waals surface area contributed by atoms with Gasteiger partial charge in [-0.05, 0) is 23.8 Å². The highest BCUT2D eigenvalue weighted by Gasteiger charge is 2.04. The zero-order chi connectivity index (χ0) is 14.5. The van der Waals surface area contributed by atoms with Gasteiger partial charge in [-0.15, -0.1) is 11.8 Å². The first-order valence-corrected chi connectivity index (χ1v) is 7.81. The molecule has 0 unspecified atom stereocenters. The van der Waals surface area contributed by atoms with Crippen LogP contribution in [0.2, 0.25) is 0 Å². The van der Waals surface area contributed by atoms with Crippen LogP contribution < -0.4 is 5.32 Å². The summed E-state index contributed by atoms with van der Waals surface area (Å²) in [6, 6.07) is 15.9. The van der Waals surface area contributed by atoms with Crippen LogP contribution in [0.5, 0.6) is 0 Å². The van der Waals surface area contributed by atoms with Crippen molar-refractivity contribution in [2.24, 2.45) is 0 Å². The molecule has 1 heterocycles. The minimum absolute atomic E-state index is 0.00907. The highest BCUT2D eigenvalue weighted by Crippen LogP contribution is 2.17. The molecule has 0 aliphatic heterocycles. The van der Waals surface area contributed by atoms with Crippen molar-refractivity contribution in [1.29, 1.82) is 0 Å². The van der Waals surface area contributed by atoms with Gasteiger partial charge in [-0.2, -0.15) is 5.10 Å². The third kappa shape index (κ3) is 3.64. The van der Waals surface area contributed by atoms with Crippen LogP contribution in [0.1, 0.15) is 5.56 Å². The van der Waals surface area contributed by atoms with Crippen LogP contribution in [0, 0.1) is 0 Å². The molecule has 2 N–H and O–H groups in total. The molecule has 0 fully saturated rings. The SMILES string of the molecule is O=C(CSCc1ccccc1)Nc1ccc2cn[nH]c2c1. The second kappa shape index (κ2) is 6.45. The van der Waals surface area contributed by atoms with Crippen LogP contribution in [-0.4, -0.2) is 21.9 Å². The molecule has 0 spiro atoms. The van der Waals surface area contributed by atoms with Gasteiger partial charge in [0.05, 0.1) is 17.5 Å². The van der Waals surface area contributed by atoms with E-state index in [4.69, 9.17) is 0 Å². The van der Waals surface area contributed by atoms with E-state index in [0.717, 1.165) is 22.3 Å². The summed E-state index contributed by atoms with van der Waals surface area (Å²) >= 11 is 1.61. The van der Waals surface area contributed by atoms with E-state index in [1.165, 1.54) is 5.56 Å². The van der Waals surface area contributed by atoms with E-state index in [1.807, 2.05) is 36.4 Å². The topological polar surface area (TPSA) is 57.8 Å². The monoisotopic (exact) mass is 297 g/mol. The molecule has 1 amide bonds. The zero-order valence-corrected chi connectivity index (χ0v) is 12.2. The molecule has 21 heavy (non-hydrogen) atoms. The van der Waals surface area contributed by atoms with E-state index in [1.54, 1.807) is 18.0 Å². The number of aromatic amines is 1. The molecule has 2 aromatic carbocycles. The van der Waals surface area contributed by atoms with Crippen LogP contribution in [-0.2, 0) is 10.5 Å². The van der Waals surface area contributed by atoms with Crippen LogP contribution in [0.4, 0.5) is 5.69 Å². The minimum atomic E-state index is 0.00907. The van der Waals surface area contributed by atoms with Crippen molar-refractivity contribution in [3.8, 4) is 0 Å². The number of rotatable bonds is 5. The van der Waals surface area contributed by atoms with Gasteiger partial charge >= 0.3 is 0 Å². The van der Waals surface area contributed by atoms with E-state index in [2.05, 4.69) is 27.6 Å². The predicted molar refractivity (Wildman–Crippen MR) is 87.3 cm³/mol. The molecule has 0 aliphatic rings. The van der Waals surface area contributed by atoms with E-state index in [-0.39, 0.29) is 5.91 Å². The Morgan fingerprint density at radius 1 is 1.19 bits per heavy atom. The average Bonchev–Trinajstić information content (AvgIpc) is 2.96. The van der Waals surface area contributed by atoms with Crippen molar-refractivity contribution in [2.45, 2.75) is 5.75 Å². The van der Waals surface area contributed by atoms with Crippen molar-refractivity contribution in [2.75, 3.05) is 11.1 Å². The van der Waals surface area contributed by atoms with E-state index in [9.17, 15) is 4.79 Å². The van der Waals surface area contributed by atoms with Crippen molar-refractivity contribution in [1.82, 2.24) is 10.2 Å². The highest BCUT2D eigenvalue weighted by atomic mass is 32.2. The van der Waals surface area contributed by atoms with Crippen LogP contribution in [0.3, 0.4) is 0 Å². The lowest BCUT2D eigenvalue weighted by atomic mass is 10.2. The Balaban J connectivity index is 1.51. The summed E-state index contributed by atoms with van der Waals surface area (Å²) in [7, 11) is 0.